The van der Waals surface area contributed by atoms with Crippen LogP contribution in [0.4, 0.5) is 4.79 Å². The summed E-state index contributed by atoms with van der Waals surface area (Å²) in [7, 11) is 0. The summed E-state index contributed by atoms with van der Waals surface area (Å²) in [5.41, 5.74) is 7.74. The van der Waals surface area contributed by atoms with Crippen molar-refractivity contribution in [1.82, 2.24) is 15.2 Å². The Labute approximate surface area is 359 Å². The molecule has 3 heterocycles. The molecule has 13 heteroatoms. The molecule has 4 aromatic carbocycles. The van der Waals surface area contributed by atoms with E-state index in [1.165, 1.54) is 4.90 Å². The quantitative estimate of drug-likeness (QED) is 0.133. The van der Waals surface area contributed by atoms with Gasteiger partial charge in [0, 0.05) is 24.7 Å². The first-order valence-corrected chi connectivity index (χ1v) is 20.5. The first kappa shape index (κ1) is 42.3. The minimum atomic E-state index is -1.25. The van der Waals surface area contributed by atoms with Crippen LogP contribution in [0.1, 0.15) is 65.9 Å². The van der Waals surface area contributed by atoms with Crippen LogP contribution in [0.5, 0.6) is 17.2 Å². The number of hydrogen-bond donors (Lipinski definition) is 2. The van der Waals surface area contributed by atoms with E-state index in [1.54, 1.807) is 18.3 Å². The standard InChI is InChI=1S/C47H47Cl2N3O8/c1-27-28(2)50-17-16-36(27)31-9-6-29(7-10-31)19-39(45(54)55)51-44(53)40-20-33-21-41-42(22-34(33)23-52(40)46(56)59-26-47(3,4)5)60-43(25-58-41)32-11-13-35(14-12-32)57-24-30-8-15-37(48)38(49)18-30/h6-18,21-22,39-40,43H,19-20,23-26H2,1-5H3,(H,51,53)(H,54,55). The molecule has 0 bridgehead atoms. The molecule has 0 saturated carbocycles. The molecule has 0 aliphatic carbocycles. The normalized spacial score (nSPS) is 16.4. The number of carboxylic acid groups (broad SMARTS) is 1. The van der Waals surface area contributed by atoms with Gasteiger partial charge in [-0.15, -0.1) is 0 Å². The second-order valence-corrected chi connectivity index (χ2v) is 17.2. The molecule has 1 aromatic heterocycles. The molecular weight excluding hydrogens is 805 g/mol. The molecule has 2 aliphatic rings. The number of amides is 2. The Balaban J connectivity index is 1.05. The molecule has 0 fully saturated rings. The summed E-state index contributed by atoms with van der Waals surface area (Å²) in [6.07, 6.45) is 0.833. The van der Waals surface area contributed by atoms with Crippen LogP contribution in [0.25, 0.3) is 11.1 Å². The highest BCUT2D eigenvalue weighted by Crippen LogP contribution is 2.41. The Kier molecular flexibility index (Phi) is 12.6. The lowest BCUT2D eigenvalue weighted by molar-refractivity contribution is -0.142. The molecule has 5 aromatic rings. The number of aryl methyl sites for hydroxylation is 1. The van der Waals surface area contributed by atoms with Gasteiger partial charge in [-0.1, -0.05) is 86.4 Å². The van der Waals surface area contributed by atoms with Gasteiger partial charge in [0.2, 0.25) is 5.91 Å². The smallest absolute Gasteiger partial charge is 0.410 e. The Morgan fingerprint density at radius 2 is 1.63 bits per heavy atom. The van der Waals surface area contributed by atoms with Crippen LogP contribution in [-0.2, 0) is 40.3 Å². The molecular formula is C47H47Cl2N3O8. The Morgan fingerprint density at radius 1 is 0.917 bits per heavy atom. The van der Waals surface area contributed by atoms with E-state index in [-0.39, 0.29) is 38.0 Å². The van der Waals surface area contributed by atoms with Crippen molar-refractivity contribution in [1.29, 1.82) is 0 Å². The maximum atomic E-state index is 14.1. The number of aliphatic carboxylic acids is 1. The summed E-state index contributed by atoms with van der Waals surface area (Å²) in [6.45, 7) is 10.5. The second-order valence-electron chi connectivity index (χ2n) is 16.4. The number of carbonyl (C=O) groups is 3. The lowest BCUT2D eigenvalue weighted by atomic mass is 9.92. The third-order valence-electron chi connectivity index (χ3n) is 10.6. The number of halogens is 2. The third kappa shape index (κ3) is 9.97. The predicted octanol–water partition coefficient (Wildman–Crippen LogP) is 9.49. The summed E-state index contributed by atoms with van der Waals surface area (Å²) in [5, 5.41) is 13.9. The van der Waals surface area contributed by atoms with E-state index >= 15 is 0 Å². The van der Waals surface area contributed by atoms with E-state index in [2.05, 4.69) is 10.3 Å². The highest BCUT2D eigenvalue weighted by molar-refractivity contribution is 6.42. The van der Waals surface area contributed by atoms with Crippen LogP contribution in [-0.4, -0.2) is 58.3 Å². The van der Waals surface area contributed by atoms with E-state index in [9.17, 15) is 19.5 Å². The fourth-order valence-corrected chi connectivity index (χ4v) is 7.48. The van der Waals surface area contributed by atoms with Crippen molar-refractivity contribution in [2.24, 2.45) is 5.41 Å². The van der Waals surface area contributed by atoms with Gasteiger partial charge >= 0.3 is 12.1 Å². The number of rotatable bonds is 11. The molecule has 3 unspecified atom stereocenters. The molecule has 3 atom stereocenters. The van der Waals surface area contributed by atoms with Gasteiger partial charge in [0.15, 0.2) is 17.6 Å². The van der Waals surface area contributed by atoms with Crippen molar-refractivity contribution in [2.45, 2.75) is 78.8 Å². The SMILES string of the molecule is Cc1nccc(-c2ccc(CC(NC(=O)C3Cc4cc5c(cc4CN3C(=O)OCC(C)(C)C)OC(c3ccc(OCc4ccc(Cl)c(Cl)c4)cc3)CO5)C(=O)O)cc2)c1C. The first-order valence-electron chi connectivity index (χ1n) is 19.7. The second kappa shape index (κ2) is 17.8. The molecule has 0 spiro atoms. The van der Waals surface area contributed by atoms with Gasteiger partial charge in [-0.3, -0.25) is 14.7 Å². The summed E-state index contributed by atoms with van der Waals surface area (Å²) in [5.74, 6) is -0.102. The monoisotopic (exact) mass is 851 g/mol. The zero-order chi connectivity index (χ0) is 42.7. The van der Waals surface area contributed by atoms with Gasteiger partial charge in [-0.2, -0.15) is 0 Å². The summed E-state index contributed by atoms with van der Waals surface area (Å²) in [4.78, 5) is 46.1. The molecule has 60 heavy (non-hydrogen) atoms. The van der Waals surface area contributed by atoms with E-state index in [0.717, 1.165) is 50.2 Å². The van der Waals surface area contributed by atoms with Crippen LogP contribution < -0.4 is 19.5 Å². The average molecular weight is 853 g/mol. The largest absolute Gasteiger partial charge is 0.489 e. The van der Waals surface area contributed by atoms with E-state index < -0.39 is 36.2 Å². The molecule has 2 amide bonds. The Morgan fingerprint density at radius 3 is 2.33 bits per heavy atom. The van der Waals surface area contributed by atoms with Crippen molar-refractivity contribution in [3.63, 3.8) is 0 Å². The van der Waals surface area contributed by atoms with Crippen molar-refractivity contribution in [2.75, 3.05) is 13.2 Å². The molecule has 2 N–H and O–H groups in total. The first-order chi connectivity index (χ1) is 28.6. The molecule has 0 radical (unpaired) electrons. The number of benzene rings is 4. The summed E-state index contributed by atoms with van der Waals surface area (Å²) in [6, 6.07) is 23.8. The Bertz CT molecular complexity index is 2400. The van der Waals surface area contributed by atoms with Crippen molar-refractivity contribution in [3.8, 4) is 28.4 Å². The van der Waals surface area contributed by atoms with E-state index in [1.807, 2.05) is 107 Å². The van der Waals surface area contributed by atoms with Crippen LogP contribution in [0.15, 0.2) is 91.1 Å². The number of nitrogens with zero attached hydrogens (tertiary/aromatic N) is 2. The van der Waals surface area contributed by atoms with Gasteiger partial charge in [0.25, 0.3) is 0 Å². The number of carbonyl (C=O) groups excluding carboxylic acids is 2. The maximum Gasteiger partial charge on any atom is 0.410 e. The highest BCUT2D eigenvalue weighted by Gasteiger charge is 2.39. The van der Waals surface area contributed by atoms with Crippen LogP contribution >= 0.6 is 23.2 Å². The lowest BCUT2D eigenvalue weighted by Gasteiger charge is -2.37. The lowest BCUT2D eigenvalue weighted by Crippen LogP contribution is -2.56. The molecule has 312 valence electrons. The number of hydrogen-bond acceptors (Lipinski definition) is 8. The van der Waals surface area contributed by atoms with Gasteiger partial charge in [-0.05, 0) is 106 Å². The number of carboxylic acids is 1. The molecule has 2 aliphatic heterocycles. The topological polar surface area (TPSA) is 137 Å². The number of fused-ring (bicyclic) bond motifs is 2. The number of nitrogens with one attached hydrogen (secondary N) is 1. The highest BCUT2D eigenvalue weighted by atomic mass is 35.5. The van der Waals surface area contributed by atoms with Crippen molar-refractivity contribution in [3.05, 3.63) is 140 Å². The zero-order valence-electron chi connectivity index (χ0n) is 34.1. The number of aromatic nitrogens is 1. The van der Waals surface area contributed by atoms with Gasteiger partial charge < -0.3 is 29.4 Å². The van der Waals surface area contributed by atoms with Gasteiger partial charge in [-0.25, -0.2) is 9.59 Å². The average Bonchev–Trinajstić information content (AvgIpc) is 3.22. The molecule has 0 saturated heterocycles. The fourth-order valence-electron chi connectivity index (χ4n) is 7.15. The van der Waals surface area contributed by atoms with Crippen LogP contribution in [0, 0.1) is 19.3 Å². The minimum Gasteiger partial charge on any atom is -0.489 e. The molecule has 11 nitrogen and oxygen atoms in total. The minimum absolute atomic E-state index is 0.0374. The summed E-state index contributed by atoms with van der Waals surface area (Å²) < 4.78 is 24.3. The van der Waals surface area contributed by atoms with Gasteiger partial charge in [0.05, 0.1) is 23.2 Å². The predicted molar refractivity (Wildman–Crippen MR) is 229 cm³/mol. The third-order valence-corrected chi connectivity index (χ3v) is 11.4. The van der Waals surface area contributed by atoms with Crippen LogP contribution in [0.2, 0.25) is 10.0 Å². The van der Waals surface area contributed by atoms with E-state index in [0.29, 0.717) is 33.9 Å². The Hall–Kier alpha value is -5.78. The van der Waals surface area contributed by atoms with Gasteiger partial charge in [0.1, 0.15) is 31.0 Å². The summed E-state index contributed by atoms with van der Waals surface area (Å²) >= 11 is 12.2. The van der Waals surface area contributed by atoms with Crippen LogP contribution in [0.3, 0.4) is 0 Å². The maximum absolute atomic E-state index is 14.1. The van der Waals surface area contributed by atoms with Crippen molar-refractivity contribution < 1.29 is 38.4 Å². The van der Waals surface area contributed by atoms with Crippen molar-refractivity contribution >= 4 is 41.2 Å². The fraction of sp³-hybridized carbons (Fsp3) is 0.319. The molecule has 7 rings (SSSR count). The van der Waals surface area contributed by atoms with E-state index in [4.69, 9.17) is 42.1 Å². The number of ether oxygens (including phenoxy) is 4. The zero-order valence-corrected chi connectivity index (χ0v) is 35.6. The number of pyridine rings is 1.